The van der Waals surface area contributed by atoms with Crippen molar-refractivity contribution in [1.82, 2.24) is 9.78 Å². The van der Waals surface area contributed by atoms with Crippen LogP contribution in [-0.4, -0.2) is 24.1 Å². The lowest BCUT2D eigenvalue weighted by molar-refractivity contribution is -0.115. The van der Waals surface area contributed by atoms with Gasteiger partial charge in [0.25, 0.3) is 0 Å². The molecule has 0 saturated heterocycles. The molecule has 3 rings (SSSR count). The van der Waals surface area contributed by atoms with Crippen molar-refractivity contribution < 1.29 is 22.0 Å². The molecule has 3 aromatic rings. The zero-order valence-electron chi connectivity index (χ0n) is 15.0. The molecule has 3 N–H and O–H groups in total. The molecule has 0 aliphatic heterocycles. The lowest BCUT2D eigenvalue weighted by atomic mass is 10.1. The van der Waals surface area contributed by atoms with Crippen LogP contribution in [0.25, 0.3) is 11.1 Å². The number of aromatic nitrogens is 2. The van der Waals surface area contributed by atoms with Crippen molar-refractivity contribution in [3.05, 3.63) is 64.4 Å². The van der Waals surface area contributed by atoms with E-state index in [1.54, 1.807) is 18.2 Å². The highest BCUT2D eigenvalue weighted by molar-refractivity contribution is 7.89. The highest BCUT2D eigenvalue weighted by Gasteiger charge is 2.19. The molecule has 1 aromatic heterocycles. The van der Waals surface area contributed by atoms with Crippen LogP contribution in [0.15, 0.2) is 53.7 Å². The number of hydrogen-bond donors (Lipinski definition) is 2. The van der Waals surface area contributed by atoms with E-state index in [-0.39, 0.29) is 33.2 Å². The standard InChI is InChI=1S/C18H14Cl2F2N4O3S/c19-14-3-1-2-10(17(14)20)6-16(27)25-12-4-5-13(15(7-12)30(23,28)29)11-8-24-26(9-11)18(21)22/h1-5,7-9,18H,6H2,(H,25,27)(H2,23,28,29). The SMILES string of the molecule is NS(=O)(=O)c1cc(NC(=O)Cc2cccc(Cl)c2Cl)ccc1-c1cnn(C(F)F)c1. The number of rotatable bonds is 6. The van der Waals surface area contributed by atoms with Gasteiger partial charge in [-0.25, -0.2) is 18.2 Å². The van der Waals surface area contributed by atoms with Gasteiger partial charge in [0, 0.05) is 23.0 Å². The van der Waals surface area contributed by atoms with E-state index in [2.05, 4.69) is 10.4 Å². The molecule has 158 valence electrons. The third kappa shape index (κ3) is 4.96. The molecule has 1 heterocycles. The van der Waals surface area contributed by atoms with Crippen molar-refractivity contribution in [2.45, 2.75) is 17.9 Å². The summed E-state index contributed by atoms with van der Waals surface area (Å²) in [6.07, 6.45) is 1.98. The van der Waals surface area contributed by atoms with Crippen LogP contribution in [0.5, 0.6) is 0 Å². The van der Waals surface area contributed by atoms with Gasteiger partial charge >= 0.3 is 6.55 Å². The lowest BCUT2D eigenvalue weighted by Gasteiger charge is -2.11. The Balaban J connectivity index is 1.89. The van der Waals surface area contributed by atoms with Crippen LogP contribution >= 0.6 is 23.2 Å². The maximum absolute atomic E-state index is 12.8. The van der Waals surface area contributed by atoms with Crippen molar-refractivity contribution >= 4 is 44.8 Å². The largest absolute Gasteiger partial charge is 0.333 e. The molecular formula is C18H14Cl2F2N4O3S. The monoisotopic (exact) mass is 474 g/mol. The molecule has 0 bridgehead atoms. The molecule has 1 amide bonds. The summed E-state index contributed by atoms with van der Waals surface area (Å²) in [5.41, 5.74) is 0.833. The van der Waals surface area contributed by atoms with Crippen molar-refractivity contribution in [2.24, 2.45) is 5.14 Å². The van der Waals surface area contributed by atoms with E-state index >= 15 is 0 Å². The van der Waals surface area contributed by atoms with E-state index in [9.17, 15) is 22.0 Å². The molecule has 12 heteroatoms. The average molecular weight is 475 g/mol. The number of anilines is 1. The Hall–Kier alpha value is -2.53. The van der Waals surface area contributed by atoms with Crippen molar-refractivity contribution in [1.29, 1.82) is 0 Å². The van der Waals surface area contributed by atoms with Crippen LogP contribution in [0.1, 0.15) is 12.1 Å². The van der Waals surface area contributed by atoms with Gasteiger partial charge < -0.3 is 5.32 Å². The van der Waals surface area contributed by atoms with Crippen LogP contribution in [-0.2, 0) is 21.2 Å². The van der Waals surface area contributed by atoms with Gasteiger partial charge in [-0.2, -0.15) is 13.9 Å². The van der Waals surface area contributed by atoms with Crippen molar-refractivity contribution in [2.75, 3.05) is 5.32 Å². The van der Waals surface area contributed by atoms with E-state index in [1.165, 1.54) is 12.1 Å². The molecule has 0 unspecified atom stereocenters. The smallest absolute Gasteiger partial charge is 0.326 e. The minimum absolute atomic E-state index is 0.0697. The zero-order chi connectivity index (χ0) is 22.1. The second kappa shape index (κ2) is 8.68. The second-order valence-corrected chi connectivity index (χ2v) is 8.50. The summed E-state index contributed by atoms with van der Waals surface area (Å²) in [5.74, 6) is -0.474. The molecule has 0 spiro atoms. The number of amides is 1. The molecule has 0 saturated carbocycles. The number of sulfonamides is 1. The minimum atomic E-state index is -4.24. The molecule has 30 heavy (non-hydrogen) atoms. The summed E-state index contributed by atoms with van der Waals surface area (Å²) in [6.45, 7) is -2.88. The van der Waals surface area contributed by atoms with Gasteiger partial charge in [-0.3, -0.25) is 4.79 Å². The maximum Gasteiger partial charge on any atom is 0.333 e. The predicted molar refractivity (Wildman–Crippen MR) is 109 cm³/mol. The molecule has 7 nitrogen and oxygen atoms in total. The summed E-state index contributed by atoms with van der Waals surface area (Å²) in [4.78, 5) is 12.0. The van der Waals surface area contributed by atoms with Gasteiger partial charge in [-0.15, -0.1) is 0 Å². The summed E-state index contributed by atoms with van der Waals surface area (Å²) in [7, 11) is -4.24. The van der Waals surface area contributed by atoms with Gasteiger partial charge in [-0.1, -0.05) is 41.4 Å². The Kier molecular flexibility index (Phi) is 6.41. The predicted octanol–water partition coefficient (Wildman–Crippen LogP) is 4.08. The molecule has 0 atom stereocenters. The fourth-order valence-corrected chi connectivity index (χ4v) is 3.89. The minimum Gasteiger partial charge on any atom is -0.326 e. The summed E-state index contributed by atoms with van der Waals surface area (Å²) >= 11 is 12.0. The van der Waals surface area contributed by atoms with E-state index in [0.717, 1.165) is 18.5 Å². The number of carbonyl (C=O) groups is 1. The Labute approximate surface area is 180 Å². The van der Waals surface area contributed by atoms with Gasteiger partial charge in [0.1, 0.15) is 0 Å². The number of alkyl halides is 2. The maximum atomic E-state index is 12.8. The first-order chi connectivity index (χ1) is 14.1. The number of benzene rings is 2. The highest BCUT2D eigenvalue weighted by atomic mass is 35.5. The Morgan fingerprint density at radius 1 is 1.23 bits per heavy atom. The average Bonchev–Trinajstić information content (AvgIpc) is 3.15. The van der Waals surface area contributed by atoms with Crippen LogP contribution in [0.3, 0.4) is 0 Å². The molecule has 0 aliphatic carbocycles. The molecule has 0 fully saturated rings. The quantitative estimate of drug-likeness (QED) is 0.560. The first-order valence-electron chi connectivity index (χ1n) is 8.28. The number of carbonyl (C=O) groups excluding carboxylic acids is 1. The number of primary sulfonamides is 1. The third-order valence-electron chi connectivity index (χ3n) is 4.07. The van der Waals surface area contributed by atoms with Gasteiger partial charge in [0.05, 0.1) is 27.6 Å². The Morgan fingerprint density at radius 2 is 1.97 bits per heavy atom. The second-order valence-electron chi connectivity index (χ2n) is 6.18. The van der Waals surface area contributed by atoms with Crippen LogP contribution < -0.4 is 10.5 Å². The molecule has 0 aliphatic rings. The number of halogens is 4. The number of nitrogens with two attached hydrogens (primary N) is 1. The summed E-state index contributed by atoms with van der Waals surface area (Å²) < 4.78 is 50.0. The van der Waals surface area contributed by atoms with Gasteiger partial charge in [-0.05, 0) is 23.8 Å². The first kappa shape index (κ1) is 22.2. The van der Waals surface area contributed by atoms with E-state index in [0.29, 0.717) is 15.3 Å². The lowest BCUT2D eigenvalue weighted by Crippen LogP contribution is -2.17. The van der Waals surface area contributed by atoms with Crippen LogP contribution in [0, 0.1) is 0 Å². The summed E-state index contributed by atoms with van der Waals surface area (Å²) in [5, 5.41) is 11.8. The summed E-state index contributed by atoms with van der Waals surface area (Å²) in [6, 6.07) is 8.76. The van der Waals surface area contributed by atoms with E-state index in [4.69, 9.17) is 28.3 Å². The zero-order valence-corrected chi connectivity index (χ0v) is 17.3. The van der Waals surface area contributed by atoms with Crippen molar-refractivity contribution in [3.63, 3.8) is 0 Å². The molecule has 0 radical (unpaired) electrons. The highest BCUT2D eigenvalue weighted by Crippen LogP contribution is 2.30. The van der Waals surface area contributed by atoms with Gasteiger partial charge in [0.2, 0.25) is 15.9 Å². The Morgan fingerprint density at radius 3 is 2.60 bits per heavy atom. The van der Waals surface area contributed by atoms with Crippen LogP contribution in [0.4, 0.5) is 14.5 Å². The third-order valence-corrected chi connectivity index (χ3v) is 5.88. The van der Waals surface area contributed by atoms with Crippen LogP contribution in [0.2, 0.25) is 10.0 Å². The molecule has 2 aromatic carbocycles. The first-order valence-corrected chi connectivity index (χ1v) is 10.6. The van der Waals surface area contributed by atoms with E-state index < -0.39 is 22.5 Å². The molecular weight excluding hydrogens is 461 g/mol. The fourth-order valence-electron chi connectivity index (χ4n) is 2.72. The topological polar surface area (TPSA) is 107 Å². The van der Waals surface area contributed by atoms with Crippen molar-refractivity contribution in [3.8, 4) is 11.1 Å². The number of hydrogen-bond acceptors (Lipinski definition) is 4. The number of nitrogens with zero attached hydrogens (tertiary/aromatic N) is 2. The fraction of sp³-hybridized carbons (Fsp3) is 0.111. The van der Waals surface area contributed by atoms with Gasteiger partial charge in [0.15, 0.2) is 0 Å². The number of nitrogens with one attached hydrogen (secondary N) is 1. The van der Waals surface area contributed by atoms with E-state index in [1.807, 2.05) is 0 Å². The normalized spacial score (nSPS) is 11.7. The Bertz CT molecular complexity index is 1220.